The van der Waals surface area contributed by atoms with Crippen LogP contribution in [0.5, 0.6) is 11.5 Å². The summed E-state index contributed by atoms with van der Waals surface area (Å²) < 4.78 is 12.2. The number of hydrogen-bond acceptors (Lipinski definition) is 5. The van der Waals surface area contributed by atoms with Crippen LogP contribution in [0.4, 0.5) is 0 Å². The molecule has 1 aliphatic carbocycles. The van der Waals surface area contributed by atoms with Gasteiger partial charge in [0.05, 0.1) is 18.1 Å². The zero-order chi connectivity index (χ0) is 24.2. The molecule has 2 unspecified atom stereocenters. The number of phenols is 1. The van der Waals surface area contributed by atoms with Crippen LogP contribution >= 0.6 is 0 Å². The molecule has 2 atom stereocenters. The first-order chi connectivity index (χ1) is 14.9. The van der Waals surface area contributed by atoms with Crippen LogP contribution in [-0.2, 0) is 4.74 Å². The highest BCUT2D eigenvalue weighted by molar-refractivity contribution is 5.46. The van der Waals surface area contributed by atoms with Gasteiger partial charge in [-0.3, -0.25) is 4.90 Å². The van der Waals surface area contributed by atoms with E-state index in [0.717, 1.165) is 40.3 Å². The predicted octanol–water partition coefficient (Wildman–Crippen LogP) is 5.55. The van der Waals surface area contributed by atoms with Gasteiger partial charge in [-0.05, 0) is 89.3 Å². The maximum Gasteiger partial charge on any atom is 0.123 e. The molecule has 0 radical (unpaired) electrons. The number of aromatic hydroxyl groups is 1. The highest BCUT2D eigenvalue weighted by atomic mass is 16.5. The number of aryl methyl sites for hydroxylation is 1. The lowest BCUT2D eigenvalue weighted by Gasteiger charge is -2.41. The van der Waals surface area contributed by atoms with Gasteiger partial charge >= 0.3 is 0 Å². The van der Waals surface area contributed by atoms with Gasteiger partial charge in [0.25, 0.3) is 0 Å². The third-order valence-corrected chi connectivity index (χ3v) is 6.53. The summed E-state index contributed by atoms with van der Waals surface area (Å²) in [7, 11) is 0. The molecule has 180 valence electrons. The molecular formula is C27H43NO4. The Morgan fingerprint density at radius 3 is 2.31 bits per heavy atom. The van der Waals surface area contributed by atoms with E-state index in [9.17, 15) is 10.2 Å². The van der Waals surface area contributed by atoms with E-state index in [1.807, 2.05) is 45.9 Å². The average molecular weight is 446 g/mol. The van der Waals surface area contributed by atoms with Gasteiger partial charge in [0.2, 0.25) is 0 Å². The minimum absolute atomic E-state index is 0.143. The first-order valence-electron chi connectivity index (χ1n) is 11.8. The van der Waals surface area contributed by atoms with Crippen molar-refractivity contribution in [2.24, 2.45) is 5.92 Å². The molecular weight excluding hydrogens is 402 g/mol. The van der Waals surface area contributed by atoms with Crippen molar-refractivity contribution in [2.45, 2.75) is 79.9 Å². The molecule has 0 heterocycles. The molecule has 2 N–H and O–H groups in total. The van der Waals surface area contributed by atoms with Crippen LogP contribution in [0.2, 0.25) is 0 Å². The summed E-state index contributed by atoms with van der Waals surface area (Å²) >= 11 is 0. The number of rotatable bonds is 10. The van der Waals surface area contributed by atoms with Crippen molar-refractivity contribution >= 4 is 0 Å². The largest absolute Gasteiger partial charge is 0.508 e. The summed E-state index contributed by atoms with van der Waals surface area (Å²) in [5, 5.41) is 21.3. The first kappa shape index (κ1) is 26.3. The van der Waals surface area contributed by atoms with Crippen molar-refractivity contribution < 1.29 is 19.7 Å². The lowest BCUT2D eigenvalue weighted by Crippen LogP contribution is -2.47. The number of allylic oxidation sites excluding steroid dienone is 2. The van der Waals surface area contributed by atoms with Crippen LogP contribution < -0.4 is 4.74 Å². The van der Waals surface area contributed by atoms with Gasteiger partial charge in [0.15, 0.2) is 0 Å². The minimum atomic E-state index is -0.971. The third-order valence-electron chi connectivity index (χ3n) is 6.53. The van der Waals surface area contributed by atoms with Crippen molar-refractivity contribution in [3.05, 3.63) is 46.2 Å². The van der Waals surface area contributed by atoms with Crippen molar-refractivity contribution in [3.63, 3.8) is 0 Å². The van der Waals surface area contributed by atoms with E-state index in [1.54, 1.807) is 0 Å². The van der Waals surface area contributed by atoms with Crippen LogP contribution in [-0.4, -0.2) is 53.1 Å². The van der Waals surface area contributed by atoms with Gasteiger partial charge in [-0.2, -0.15) is 0 Å². The molecule has 0 saturated heterocycles. The maximum absolute atomic E-state index is 11.2. The quantitative estimate of drug-likeness (QED) is 0.494. The number of nitrogens with zero attached hydrogens (tertiary/aromatic N) is 1. The molecule has 0 spiro atoms. The van der Waals surface area contributed by atoms with Crippen LogP contribution in [0.3, 0.4) is 0 Å². The zero-order valence-electron chi connectivity index (χ0n) is 21.5. The highest BCUT2D eigenvalue weighted by Crippen LogP contribution is 2.38. The first-order valence-corrected chi connectivity index (χ1v) is 11.8. The van der Waals surface area contributed by atoms with Gasteiger partial charge in [0.1, 0.15) is 23.9 Å². The zero-order valence-corrected chi connectivity index (χ0v) is 21.5. The normalized spacial score (nSPS) is 21.5. The van der Waals surface area contributed by atoms with Gasteiger partial charge in [-0.1, -0.05) is 13.8 Å². The molecule has 0 saturated carbocycles. The summed E-state index contributed by atoms with van der Waals surface area (Å²) in [4.78, 5) is 2.34. The topological polar surface area (TPSA) is 62.2 Å². The molecule has 0 fully saturated rings. The van der Waals surface area contributed by atoms with E-state index in [-0.39, 0.29) is 17.9 Å². The Morgan fingerprint density at radius 1 is 1.09 bits per heavy atom. The van der Waals surface area contributed by atoms with E-state index in [4.69, 9.17) is 9.47 Å². The van der Waals surface area contributed by atoms with E-state index in [1.165, 1.54) is 0 Å². The van der Waals surface area contributed by atoms with E-state index < -0.39 is 5.60 Å². The number of aliphatic hydroxyl groups is 1. The highest BCUT2D eigenvalue weighted by Gasteiger charge is 2.40. The summed E-state index contributed by atoms with van der Waals surface area (Å²) in [6.07, 6.45) is 1.96. The van der Waals surface area contributed by atoms with Crippen molar-refractivity contribution in [1.29, 1.82) is 0 Å². The van der Waals surface area contributed by atoms with Gasteiger partial charge < -0.3 is 19.7 Å². The van der Waals surface area contributed by atoms with Gasteiger partial charge in [-0.15, -0.1) is 0 Å². The molecule has 1 aromatic carbocycles. The van der Waals surface area contributed by atoms with Crippen LogP contribution in [0.1, 0.15) is 72.4 Å². The Morgan fingerprint density at radius 2 is 1.75 bits per heavy atom. The Kier molecular flexibility index (Phi) is 8.83. The van der Waals surface area contributed by atoms with Crippen molar-refractivity contribution in [1.82, 2.24) is 4.90 Å². The molecule has 5 nitrogen and oxygen atoms in total. The average Bonchev–Trinajstić information content (AvgIpc) is 2.69. The Labute approximate surface area is 194 Å². The summed E-state index contributed by atoms with van der Waals surface area (Å²) in [5.74, 6) is 2.13. The fraction of sp³-hybridized carbons (Fsp3) is 0.630. The van der Waals surface area contributed by atoms with Gasteiger partial charge in [0, 0.05) is 24.7 Å². The van der Waals surface area contributed by atoms with Crippen molar-refractivity contribution in [3.8, 4) is 11.5 Å². The molecule has 0 aliphatic heterocycles. The summed E-state index contributed by atoms with van der Waals surface area (Å²) in [5.41, 5.74) is 3.04. The number of phenolic OH excluding ortho intramolecular Hbond substituents is 1. The number of benzene rings is 1. The molecule has 1 aliphatic rings. The number of hydrogen-bond donors (Lipinski definition) is 2. The van der Waals surface area contributed by atoms with Crippen LogP contribution in [0.15, 0.2) is 35.1 Å². The molecule has 32 heavy (non-hydrogen) atoms. The second-order valence-electron chi connectivity index (χ2n) is 9.80. The smallest absolute Gasteiger partial charge is 0.123 e. The molecule has 1 aromatic rings. The van der Waals surface area contributed by atoms with E-state index in [0.29, 0.717) is 25.5 Å². The molecule has 5 heteroatoms. The van der Waals surface area contributed by atoms with Crippen LogP contribution in [0.25, 0.3) is 0 Å². The summed E-state index contributed by atoms with van der Waals surface area (Å²) in [6, 6.07) is 4.02. The second-order valence-corrected chi connectivity index (χ2v) is 9.80. The fourth-order valence-corrected chi connectivity index (χ4v) is 4.33. The Balaban J connectivity index is 2.18. The maximum atomic E-state index is 11.2. The predicted molar refractivity (Wildman–Crippen MR) is 131 cm³/mol. The lowest BCUT2D eigenvalue weighted by molar-refractivity contribution is 0.00197. The summed E-state index contributed by atoms with van der Waals surface area (Å²) in [6.45, 7) is 20.9. The minimum Gasteiger partial charge on any atom is -0.508 e. The second kappa shape index (κ2) is 10.8. The Hall–Kier alpha value is -1.98. The van der Waals surface area contributed by atoms with Gasteiger partial charge in [-0.25, -0.2) is 0 Å². The van der Waals surface area contributed by atoms with Crippen molar-refractivity contribution in [2.75, 3.05) is 26.3 Å². The van der Waals surface area contributed by atoms with Crippen LogP contribution in [0, 0.1) is 12.8 Å². The fourth-order valence-electron chi connectivity index (χ4n) is 4.33. The monoisotopic (exact) mass is 445 g/mol. The molecule has 2 rings (SSSR count). The van der Waals surface area contributed by atoms with E-state index in [2.05, 4.69) is 39.5 Å². The lowest BCUT2D eigenvalue weighted by atomic mass is 9.78. The SMILES string of the molecule is CCOC1=C(C)C(C)=CC(C)(O)C1CN(CCOc1cc(C)c(O)cc1C(C)C)C(C)C. The molecule has 0 aromatic heterocycles. The number of ether oxygens (including phenoxy) is 2. The van der Waals surface area contributed by atoms with E-state index >= 15 is 0 Å². The third kappa shape index (κ3) is 6.08. The Bertz CT molecular complexity index is 851. The standard InChI is InChI=1S/C27H43NO4/c1-10-31-26-21(8)20(7)15-27(9,30)23(26)16-28(18(4)5)11-12-32-25-13-19(6)24(29)14-22(25)17(2)3/h13-15,17-18,23,29-30H,10-12,16H2,1-9H3. The molecule has 0 bridgehead atoms. The molecule has 0 amide bonds.